The van der Waals surface area contributed by atoms with Gasteiger partial charge in [-0.3, -0.25) is 9.69 Å². The third kappa shape index (κ3) is 5.04. The Morgan fingerprint density at radius 1 is 1.14 bits per heavy atom. The summed E-state index contributed by atoms with van der Waals surface area (Å²) in [6.45, 7) is 1.46. The molecule has 2 aromatic carbocycles. The summed E-state index contributed by atoms with van der Waals surface area (Å²) >= 11 is 0. The van der Waals surface area contributed by atoms with Crippen molar-refractivity contribution in [2.45, 2.75) is 38.7 Å². The van der Waals surface area contributed by atoms with Crippen LogP contribution in [-0.2, 0) is 24.2 Å². The lowest BCUT2D eigenvalue weighted by Crippen LogP contribution is -2.36. The maximum atomic E-state index is 14.5. The standard InChI is InChI=1S/C25H21F4N5O3/c1-13(25(27,28)29)37-24(36)34-11-16-3-2-15(8-17(16)12-34)21-31-10-20(26)22(33-21)32-18-4-5-19-14(9-18)6-7-30-23(19)35/h2-5,8-10,13H,6-7,11-12H2,1H3,(H,30,35)(H,31,32,33). The molecule has 1 atom stereocenters. The molecule has 0 aliphatic carbocycles. The Morgan fingerprint density at radius 2 is 1.92 bits per heavy atom. The molecule has 192 valence electrons. The van der Waals surface area contributed by atoms with Gasteiger partial charge in [-0.05, 0) is 54.3 Å². The maximum Gasteiger partial charge on any atom is 0.425 e. The smallest absolute Gasteiger partial charge is 0.425 e. The van der Waals surface area contributed by atoms with E-state index in [4.69, 9.17) is 0 Å². The largest absolute Gasteiger partial charge is 0.437 e. The fraction of sp³-hybridized carbons (Fsp3) is 0.280. The lowest BCUT2D eigenvalue weighted by atomic mass is 10.00. The van der Waals surface area contributed by atoms with Crippen molar-refractivity contribution in [1.29, 1.82) is 0 Å². The van der Waals surface area contributed by atoms with Gasteiger partial charge in [-0.25, -0.2) is 19.2 Å². The second-order valence-electron chi connectivity index (χ2n) is 8.80. The normalized spacial score (nSPS) is 15.5. The summed E-state index contributed by atoms with van der Waals surface area (Å²) in [6, 6.07) is 10.2. The van der Waals surface area contributed by atoms with Gasteiger partial charge in [0.2, 0.25) is 0 Å². The molecule has 2 amide bonds. The lowest BCUT2D eigenvalue weighted by molar-refractivity contribution is -0.199. The number of amides is 2. The monoisotopic (exact) mass is 515 g/mol. The van der Waals surface area contributed by atoms with E-state index in [0.29, 0.717) is 35.3 Å². The molecule has 0 saturated carbocycles. The Labute approximate surface area is 208 Å². The van der Waals surface area contributed by atoms with Crippen LogP contribution in [0.4, 0.5) is 33.9 Å². The van der Waals surface area contributed by atoms with Gasteiger partial charge in [0.25, 0.3) is 5.91 Å². The second kappa shape index (κ2) is 9.34. The highest BCUT2D eigenvalue weighted by Gasteiger charge is 2.40. The van der Waals surface area contributed by atoms with E-state index in [1.807, 2.05) is 0 Å². The molecular formula is C25H21F4N5O3. The van der Waals surface area contributed by atoms with Gasteiger partial charge in [0.1, 0.15) is 0 Å². The molecule has 12 heteroatoms. The van der Waals surface area contributed by atoms with Gasteiger partial charge in [0.05, 0.1) is 6.20 Å². The number of hydrogen-bond donors (Lipinski definition) is 2. The van der Waals surface area contributed by atoms with Crippen LogP contribution in [0.25, 0.3) is 11.4 Å². The van der Waals surface area contributed by atoms with Gasteiger partial charge in [0, 0.05) is 36.4 Å². The highest BCUT2D eigenvalue weighted by molar-refractivity contribution is 5.97. The van der Waals surface area contributed by atoms with Crippen molar-refractivity contribution >= 4 is 23.5 Å². The molecule has 2 aliphatic rings. The van der Waals surface area contributed by atoms with E-state index in [0.717, 1.165) is 24.2 Å². The SMILES string of the molecule is CC(OC(=O)N1Cc2ccc(-c3ncc(F)c(Nc4ccc5c(c4)CCNC5=O)n3)cc2C1)C(F)(F)F. The van der Waals surface area contributed by atoms with E-state index in [1.165, 1.54) is 4.90 Å². The number of rotatable bonds is 4. The van der Waals surface area contributed by atoms with Crippen LogP contribution >= 0.6 is 0 Å². The summed E-state index contributed by atoms with van der Waals surface area (Å²) in [7, 11) is 0. The molecule has 3 heterocycles. The average Bonchev–Trinajstić information content (AvgIpc) is 3.29. The van der Waals surface area contributed by atoms with Crippen molar-refractivity contribution in [3.8, 4) is 11.4 Å². The Kier molecular flexibility index (Phi) is 6.18. The van der Waals surface area contributed by atoms with E-state index in [9.17, 15) is 27.2 Å². The number of nitrogens with zero attached hydrogens (tertiary/aromatic N) is 3. The number of ether oxygens (including phenoxy) is 1. The van der Waals surface area contributed by atoms with Crippen LogP contribution in [0.5, 0.6) is 0 Å². The summed E-state index contributed by atoms with van der Waals surface area (Å²) < 4.78 is 57.3. The lowest BCUT2D eigenvalue weighted by Gasteiger charge is -2.21. The summed E-state index contributed by atoms with van der Waals surface area (Å²) in [5.41, 5.74) is 3.97. The van der Waals surface area contributed by atoms with Crippen molar-refractivity contribution in [1.82, 2.24) is 20.2 Å². The van der Waals surface area contributed by atoms with Crippen molar-refractivity contribution in [2.75, 3.05) is 11.9 Å². The molecule has 0 radical (unpaired) electrons. The first-order valence-electron chi connectivity index (χ1n) is 11.4. The highest BCUT2D eigenvalue weighted by Crippen LogP contribution is 2.30. The molecule has 2 N–H and O–H groups in total. The average molecular weight is 515 g/mol. The van der Waals surface area contributed by atoms with Crippen LogP contribution < -0.4 is 10.6 Å². The highest BCUT2D eigenvalue weighted by atomic mass is 19.4. The third-order valence-electron chi connectivity index (χ3n) is 6.22. The molecule has 5 rings (SSSR count). The summed E-state index contributed by atoms with van der Waals surface area (Å²) in [5, 5.41) is 5.70. The van der Waals surface area contributed by atoms with Crippen molar-refractivity contribution in [2.24, 2.45) is 0 Å². The van der Waals surface area contributed by atoms with Crippen LogP contribution in [0, 0.1) is 5.82 Å². The number of hydrogen-bond acceptors (Lipinski definition) is 6. The molecular weight excluding hydrogens is 494 g/mol. The predicted octanol–water partition coefficient (Wildman–Crippen LogP) is 4.72. The zero-order chi connectivity index (χ0) is 26.3. The number of benzene rings is 2. The number of nitrogens with one attached hydrogen (secondary N) is 2. The number of alkyl halides is 3. The maximum absolute atomic E-state index is 14.5. The van der Waals surface area contributed by atoms with Crippen LogP contribution in [0.3, 0.4) is 0 Å². The number of carbonyl (C=O) groups is 2. The number of anilines is 2. The minimum absolute atomic E-state index is 0.0571. The van der Waals surface area contributed by atoms with Gasteiger partial charge in [0.15, 0.2) is 23.6 Å². The van der Waals surface area contributed by atoms with Gasteiger partial charge < -0.3 is 15.4 Å². The van der Waals surface area contributed by atoms with Crippen LogP contribution in [0.15, 0.2) is 42.6 Å². The molecule has 0 fully saturated rings. The molecule has 0 spiro atoms. The fourth-order valence-corrected chi connectivity index (χ4v) is 4.19. The van der Waals surface area contributed by atoms with E-state index in [1.54, 1.807) is 36.4 Å². The van der Waals surface area contributed by atoms with Crippen LogP contribution in [-0.4, -0.2) is 45.7 Å². The van der Waals surface area contributed by atoms with Crippen LogP contribution in [0.2, 0.25) is 0 Å². The van der Waals surface area contributed by atoms with Gasteiger partial charge in [-0.2, -0.15) is 13.2 Å². The van der Waals surface area contributed by atoms with E-state index in [2.05, 4.69) is 25.3 Å². The molecule has 8 nitrogen and oxygen atoms in total. The number of halogens is 4. The number of aromatic nitrogens is 2. The Bertz CT molecular complexity index is 1400. The predicted molar refractivity (Wildman–Crippen MR) is 124 cm³/mol. The first kappa shape index (κ1) is 24.5. The van der Waals surface area contributed by atoms with Gasteiger partial charge in [-0.1, -0.05) is 12.1 Å². The first-order valence-corrected chi connectivity index (χ1v) is 11.4. The molecule has 0 bridgehead atoms. The summed E-state index contributed by atoms with van der Waals surface area (Å²) in [6.07, 6.45) is -6.23. The van der Waals surface area contributed by atoms with Crippen molar-refractivity contribution in [3.63, 3.8) is 0 Å². The first-order chi connectivity index (χ1) is 17.6. The zero-order valence-electron chi connectivity index (χ0n) is 19.5. The van der Waals surface area contributed by atoms with E-state index in [-0.39, 0.29) is 30.6 Å². The third-order valence-corrected chi connectivity index (χ3v) is 6.22. The van der Waals surface area contributed by atoms with E-state index >= 15 is 0 Å². The fourth-order valence-electron chi connectivity index (χ4n) is 4.19. The summed E-state index contributed by atoms with van der Waals surface area (Å²) in [5.74, 6) is -0.664. The molecule has 1 unspecified atom stereocenters. The minimum atomic E-state index is -4.64. The number of carbonyl (C=O) groups excluding carboxylic acids is 2. The minimum Gasteiger partial charge on any atom is -0.437 e. The summed E-state index contributed by atoms with van der Waals surface area (Å²) in [4.78, 5) is 33.7. The Balaban J connectivity index is 1.33. The van der Waals surface area contributed by atoms with Crippen molar-refractivity contribution < 1.29 is 31.9 Å². The second-order valence-corrected chi connectivity index (χ2v) is 8.80. The zero-order valence-corrected chi connectivity index (χ0v) is 19.5. The Hall–Kier alpha value is -4.22. The quantitative estimate of drug-likeness (QED) is 0.489. The van der Waals surface area contributed by atoms with Gasteiger partial charge >= 0.3 is 12.3 Å². The molecule has 2 aliphatic heterocycles. The van der Waals surface area contributed by atoms with E-state index < -0.39 is 24.2 Å². The van der Waals surface area contributed by atoms with Crippen molar-refractivity contribution in [3.05, 3.63) is 70.7 Å². The molecule has 3 aromatic rings. The van der Waals surface area contributed by atoms with Gasteiger partial charge in [-0.15, -0.1) is 0 Å². The number of fused-ring (bicyclic) bond motifs is 2. The molecule has 1 aromatic heterocycles. The molecule has 0 saturated heterocycles. The Morgan fingerprint density at radius 3 is 2.70 bits per heavy atom. The topological polar surface area (TPSA) is 96.5 Å². The molecule has 37 heavy (non-hydrogen) atoms. The van der Waals surface area contributed by atoms with Crippen LogP contribution in [0.1, 0.15) is 34.0 Å².